The van der Waals surface area contributed by atoms with Crippen molar-refractivity contribution < 1.29 is 39.2 Å². The van der Waals surface area contributed by atoms with Gasteiger partial charge in [-0.1, -0.05) is 6.92 Å². The molecule has 0 aliphatic carbocycles. The molecule has 3 N–H and O–H groups in total. The number of esters is 2. The van der Waals surface area contributed by atoms with Crippen LogP contribution in [0.4, 0.5) is 0 Å². The molecule has 0 saturated carbocycles. The van der Waals surface area contributed by atoms with Crippen LogP contribution in [-0.2, 0) is 23.9 Å². The largest absolute Gasteiger partial charge is 0.481 e. The molecule has 8 nitrogen and oxygen atoms in total. The van der Waals surface area contributed by atoms with Gasteiger partial charge < -0.3 is 24.8 Å². The molecule has 8 heteroatoms. The third kappa shape index (κ3) is 8.26. The van der Waals surface area contributed by atoms with Gasteiger partial charge in [0.25, 0.3) is 0 Å². The van der Waals surface area contributed by atoms with E-state index in [1.807, 2.05) is 0 Å². The maximum Gasteiger partial charge on any atom is 0.306 e. The Kier molecular flexibility index (Phi) is 9.31. The molecular formula is C13H22O8. The van der Waals surface area contributed by atoms with Crippen LogP contribution < -0.4 is 0 Å². The molecule has 0 aromatic rings. The van der Waals surface area contributed by atoms with Crippen molar-refractivity contribution in [2.24, 2.45) is 5.41 Å². The second-order valence-corrected chi connectivity index (χ2v) is 4.69. The lowest BCUT2D eigenvalue weighted by atomic mass is 9.88. The van der Waals surface area contributed by atoms with Crippen LogP contribution in [0.3, 0.4) is 0 Å². The minimum Gasteiger partial charge on any atom is -0.481 e. The number of hydrogen-bond acceptors (Lipinski definition) is 7. The molecule has 0 saturated heterocycles. The fraction of sp³-hybridized carbons (Fsp3) is 0.769. The Bertz CT molecular complexity index is 340. The van der Waals surface area contributed by atoms with Crippen LogP contribution in [0.1, 0.15) is 32.6 Å². The van der Waals surface area contributed by atoms with E-state index in [9.17, 15) is 24.6 Å². The standard InChI is InChI=1S/C13H22O8/c1-2-13(7-14,8-15)9-21-12(19)4-3-11(18)20-6-5-10(16)17/h14-15H,2-9H2,1H3,(H,16,17). The minimum absolute atomic E-state index is 0.136. The first-order chi connectivity index (χ1) is 9.89. The Morgan fingerprint density at radius 2 is 1.48 bits per heavy atom. The smallest absolute Gasteiger partial charge is 0.306 e. The molecule has 0 aromatic carbocycles. The van der Waals surface area contributed by atoms with E-state index in [1.54, 1.807) is 6.92 Å². The Balaban J connectivity index is 3.94. The van der Waals surface area contributed by atoms with E-state index in [1.165, 1.54) is 0 Å². The van der Waals surface area contributed by atoms with Crippen LogP contribution >= 0.6 is 0 Å². The van der Waals surface area contributed by atoms with E-state index < -0.39 is 23.3 Å². The van der Waals surface area contributed by atoms with Crippen molar-refractivity contribution in [3.8, 4) is 0 Å². The van der Waals surface area contributed by atoms with Gasteiger partial charge in [-0.25, -0.2) is 0 Å². The van der Waals surface area contributed by atoms with E-state index >= 15 is 0 Å². The molecule has 122 valence electrons. The molecule has 21 heavy (non-hydrogen) atoms. The molecule has 0 aliphatic rings. The lowest BCUT2D eigenvalue weighted by molar-refractivity contribution is -0.155. The highest BCUT2D eigenvalue weighted by atomic mass is 16.5. The second-order valence-electron chi connectivity index (χ2n) is 4.69. The summed E-state index contributed by atoms with van der Waals surface area (Å²) in [5.41, 5.74) is -0.877. The van der Waals surface area contributed by atoms with Gasteiger partial charge in [0.05, 0.1) is 37.9 Å². The number of aliphatic hydroxyl groups is 2. The van der Waals surface area contributed by atoms with Crippen molar-refractivity contribution in [1.29, 1.82) is 0 Å². The summed E-state index contributed by atoms with van der Waals surface area (Å²) in [7, 11) is 0. The average molecular weight is 306 g/mol. The Morgan fingerprint density at radius 1 is 0.952 bits per heavy atom. The number of carboxylic acids is 1. The molecule has 0 atom stereocenters. The summed E-state index contributed by atoms with van der Waals surface area (Å²) >= 11 is 0. The highest BCUT2D eigenvalue weighted by Crippen LogP contribution is 2.21. The highest BCUT2D eigenvalue weighted by Gasteiger charge is 2.28. The molecule has 0 fully saturated rings. The number of aliphatic hydroxyl groups excluding tert-OH is 2. The van der Waals surface area contributed by atoms with E-state index in [0.717, 1.165) is 0 Å². The second kappa shape index (κ2) is 10.1. The van der Waals surface area contributed by atoms with Gasteiger partial charge in [-0.15, -0.1) is 0 Å². The maximum absolute atomic E-state index is 11.4. The summed E-state index contributed by atoms with van der Waals surface area (Å²) in [5.74, 6) is -2.41. The first-order valence-electron chi connectivity index (χ1n) is 6.64. The zero-order valence-corrected chi connectivity index (χ0v) is 12.0. The van der Waals surface area contributed by atoms with Gasteiger partial charge in [0.15, 0.2) is 0 Å². The van der Waals surface area contributed by atoms with Gasteiger partial charge in [0, 0.05) is 0 Å². The fourth-order valence-electron chi connectivity index (χ4n) is 1.30. The number of hydrogen-bond donors (Lipinski definition) is 3. The van der Waals surface area contributed by atoms with Crippen molar-refractivity contribution in [1.82, 2.24) is 0 Å². The normalized spacial score (nSPS) is 11.0. The molecule has 0 aromatic heterocycles. The lowest BCUT2D eigenvalue weighted by Crippen LogP contribution is -2.35. The van der Waals surface area contributed by atoms with Crippen LogP contribution in [0.2, 0.25) is 0 Å². The average Bonchev–Trinajstić information content (AvgIpc) is 2.46. The van der Waals surface area contributed by atoms with E-state index in [2.05, 4.69) is 4.74 Å². The molecule has 0 amide bonds. The molecule has 0 aliphatic heterocycles. The van der Waals surface area contributed by atoms with E-state index in [-0.39, 0.29) is 45.7 Å². The quantitative estimate of drug-likeness (QED) is 0.444. The molecule has 0 bridgehead atoms. The Morgan fingerprint density at radius 3 is 1.90 bits per heavy atom. The summed E-state index contributed by atoms with van der Waals surface area (Å²) in [5, 5.41) is 26.7. The zero-order chi connectivity index (χ0) is 16.3. The van der Waals surface area contributed by atoms with Crippen molar-refractivity contribution in [2.45, 2.75) is 32.6 Å². The van der Waals surface area contributed by atoms with Gasteiger partial charge in [-0.2, -0.15) is 0 Å². The third-order valence-electron chi connectivity index (χ3n) is 3.07. The summed E-state index contributed by atoms with van der Waals surface area (Å²) in [4.78, 5) is 32.8. The first-order valence-corrected chi connectivity index (χ1v) is 6.64. The maximum atomic E-state index is 11.4. The van der Waals surface area contributed by atoms with Crippen LogP contribution in [-0.4, -0.2) is 59.7 Å². The van der Waals surface area contributed by atoms with Crippen LogP contribution in [0.5, 0.6) is 0 Å². The topological polar surface area (TPSA) is 130 Å². The van der Waals surface area contributed by atoms with Crippen LogP contribution in [0.15, 0.2) is 0 Å². The van der Waals surface area contributed by atoms with Crippen molar-refractivity contribution in [3.63, 3.8) is 0 Å². The molecule has 0 rings (SSSR count). The molecule has 0 spiro atoms. The SMILES string of the molecule is CCC(CO)(CO)COC(=O)CCC(=O)OCCC(=O)O. The van der Waals surface area contributed by atoms with Crippen molar-refractivity contribution >= 4 is 17.9 Å². The van der Waals surface area contributed by atoms with Gasteiger partial charge in [0.1, 0.15) is 13.2 Å². The number of ether oxygens (including phenoxy) is 2. The van der Waals surface area contributed by atoms with Crippen molar-refractivity contribution in [3.05, 3.63) is 0 Å². The molecule has 0 unspecified atom stereocenters. The Labute approximate surface area is 122 Å². The predicted molar refractivity (Wildman–Crippen MR) is 70.3 cm³/mol. The molecular weight excluding hydrogens is 284 g/mol. The fourth-order valence-corrected chi connectivity index (χ4v) is 1.30. The number of carboxylic acid groups (broad SMARTS) is 1. The summed E-state index contributed by atoms with van der Waals surface area (Å²) in [6.45, 7) is 0.746. The number of carbonyl (C=O) groups excluding carboxylic acids is 2. The monoisotopic (exact) mass is 306 g/mol. The van der Waals surface area contributed by atoms with E-state index in [4.69, 9.17) is 9.84 Å². The zero-order valence-electron chi connectivity index (χ0n) is 12.0. The van der Waals surface area contributed by atoms with Gasteiger partial charge in [-0.3, -0.25) is 14.4 Å². The molecule has 0 radical (unpaired) electrons. The summed E-state index contributed by atoms with van der Waals surface area (Å²) < 4.78 is 9.52. The van der Waals surface area contributed by atoms with Gasteiger partial charge in [-0.05, 0) is 6.42 Å². The third-order valence-corrected chi connectivity index (χ3v) is 3.07. The number of carbonyl (C=O) groups is 3. The van der Waals surface area contributed by atoms with E-state index in [0.29, 0.717) is 6.42 Å². The number of rotatable bonds is 11. The Hall–Kier alpha value is -1.67. The highest BCUT2D eigenvalue weighted by molar-refractivity contribution is 5.77. The summed E-state index contributed by atoms with van der Waals surface area (Å²) in [6.07, 6.45) is -0.273. The lowest BCUT2D eigenvalue weighted by Gasteiger charge is -2.27. The first kappa shape index (κ1) is 19.3. The van der Waals surface area contributed by atoms with Crippen LogP contribution in [0.25, 0.3) is 0 Å². The predicted octanol–water partition coefficient (Wildman–Crippen LogP) is -0.291. The number of aliphatic carboxylic acids is 1. The van der Waals surface area contributed by atoms with Crippen molar-refractivity contribution in [2.75, 3.05) is 26.4 Å². The van der Waals surface area contributed by atoms with Crippen LogP contribution in [0, 0.1) is 5.41 Å². The minimum atomic E-state index is -1.08. The molecule has 0 heterocycles. The van der Waals surface area contributed by atoms with Gasteiger partial charge >= 0.3 is 17.9 Å². The van der Waals surface area contributed by atoms with Gasteiger partial charge in [0.2, 0.25) is 0 Å². The summed E-state index contributed by atoms with van der Waals surface area (Å²) in [6, 6.07) is 0.